The molecule has 2 amide bonds. The number of furan rings is 1. The second-order valence-corrected chi connectivity index (χ2v) is 6.29. The van der Waals surface area contributed by atoms with E-state index in [-0.39, 0.29) is 17.6 Å². The Balaban J connectivity index is 1.58. The zero-order chi connectivity index (χ0) is 19.7. The first-order valence-corrected chi connectivity index (χ1v) is 8.71. The molecule has 0 saturated heterocycles. The van der Waals surface area contributed by atoms with E-state index in [1.165, 1.54) is 0 Å². The van der Waals surface area contributed by atoms with E-state index in [1.54, 1.807) is 49.1 Å². The van der Waals surface area contributed by atoms with Crippen molar-refractivity contribution in [3.8, 4) is 11.4 Å². The van der Waals surface area contributed by atoms with E-state index in [2.05, 4.69) is 15.6 Å². The molecular formula is C21H18N4O3. The van der Waals surface area contributed by atoms with Crippen LogP contribution in [0.3, 0.4) is 0 Å². The average Bonchev–Trinajstić information content (AvgIpc) is 3.31. The minimum atomic E-state index is -0.301. The normalized spacial score (nSPS) is 10.8. The van der Waals surface area contributed by atoms with E-state index in [0.29, 0.717) is 22.8 Å². The van der Waals surface area contributed by atoms with E-state index in [9.17, 15) is 9.59 Å². The molecule has 0 fully saturated rings. The summed E-state index contributed by atoms with van der Waals surface area (Å²) in [5.41, 5.74) is 2.55. The van der Waals surface area contributed by atoms with Crippen molar-refractivity contribution in [3.63, 3.8) is 0 Å². The lowest BCUT2D eigenvalue weighted by molar-refractivity contribution is 0.0937. The summed E-state index contributed by atoms with van der Waals surface area (Å²) in [6, 6.07) is 16.5. The van der Waals surface area contributed by atoms with E-state index in [4.69, 9.17) is 4.42 Å². The number of anilines is 1. The first-order valence-electron chi connectivity index (χ1n) is 8.71. The van der Waals surface area contributed by atoms with Crippen LogP contribution in [0.2, 0.25) is 0 Å². The van der Waals surface area contributed by atoms with Crippen LogP contribution in [0.1, 0.15) is 21.0 Å². The smallest absolute Gasteiger partial charge is 0.286 e. The quantitative estimate of drug-likeness (QED) is 0.573. The van der Waals surface area contributed by atoms with Gasteiger partial charge in [-0.15, -0.1) is 0 Å². The van der Waals surface area contributed by atoms with E-state index in [0.717, 1.165) is 10.9 Å². The van der Waals surface area contributed by atoms with Crippen molar-refractivity contribution >= 4 is 28.5 Å². The van der Waals surface area contributed by atoms with Crippen LogP contribution >= 0.6 is 0 Å². The Morgan fingerprint density at radius 1 is 1.04 bits per heavy atom. The van der Waals surface area contributed by atoms with Gasteiger partial charge in [0.2, 0.25) is 0 Å². The molecule has 7 heteroatoms. The lowest BCUT2D eigenvalue weighted by atomic mass is 10.2. The van der Waals surface area contributed by atoms with Gasteiger partial charge in [0, 0.05) is 30.7 Å². The maximum atomic E-state index is 12.7. The highest BCUT2D eigenvalue weighted by Gasteiger charge is 2.16. The van der Waals surface area contributed by atoms with Crippen LogP contribution in [0.4, 0.5) is 5.69 Å². The number of imidazole rings is 1. The van der Waals surface area contributed by atoms with Gasteiger partial charge in [-0.2, -0.15) is 0 Å². The third-order valence-corrected chi connectivity index (χ3v) is 4.48. The monoisotopic (exact) mass is 374 g/mol. The molecule has 0 radical (unpaired) electrons. The first kappa shape index (κ1) is 17.5. The summed E-state index contributed by atoms with van der Waals surface area (Å²) in [5.74, 6) is 0.364. The second kappa shape index (κ2) is 7.03. The fraction of sp³-hybridized carbons (Fsp3) is 0.0952. The van der Waals surface area contributed by atoms with Gasteiger partial charge in [0.05, 0.1) is 6.20 Å². The van der Waals surface area contributed by atoms with Crippen LogP contribution < -0.4 is 10.6 Å². The summed E-state index contributed by atoms with van der Waals surface area (Å²) in [6.07, 6.45) is 1.55. The van der Waals surface area contributed by atoms with Crippen LogP contribution in [0.5, 0.6) is 0 Å². The zero-order valence-electron chi connectivity index (χ0n) is 15.4. The van der Waals surface area contributed by atoms with Gasteiger partial charge in [-0.1, -0.05) is 30.3 Å². The van der Waals surface area contributed by atoms with Crippen molar-refractivity contribution in [3.05, 3.63) is 72.2 Å². The van der Waals surface area contributed by atoms with E-state index >= 15 is 0 Å². The Morgan fingerprint density at radius 2 is 1.82 bits per heavy atom. The molecule has 2 aromatic carbocycles. The Hall–Kier alpha value is -3.87. The van der Waals surface area contributed by atoms with Gasteiger partial charge in [-0.05, 0) is 24.3 Å². The number of amides is 2. The van der Waals surface area contributed by atoms with Gasteiger partial charge < -0.3 is 19.6 Å². The first-order chi connectivity index (χ1) is 13.6. The van der Waals surface area contributed by atoms with E-state index in [1.807, 2.05) is 30.3 Å². The largest absolute Gasteiger partial charge is 0.451 e. The summed E-state index contributed by atoms with van der Waals surface area (Å²) < 4.78 is 7.25. The molecule has 0 bridgehead atoms. The molecule has 0 aliphatic carbocycles. The fourth-order valence-electron chi connectivity index (χ4n) is 3.03. The number of benzene rings is 2. The standard InChI is InChI=1S/C21H18N4O3/c1-22-21(27)18-11-14-10-15(8-9-17(14)28-18)24-20(26)16-12-23-19(25(16)2)13-6-4-3-5-7-13/h3-12H,1-2H3,(H,22,27)(H,24,26). The zero-order valence-corrected chi connectivity index (χ0v) is 15.4. The van der Waals surface area contributed by atoms with Crippen LogP contribution in [0.15, 0.2) is 65.2 Å². The number of hydrogen-bond donors (Lipinski definition) is 2. The molecule has 4 aromatic rings. The lowest BCUT2D eigenvalue weighted by Crippen LogP contribution is -2.16. The van der Waals surface area contributed by atoms with Gasteiger partial charge in [-0.3, -0.25) is 9.59 Å². The molecule has 4 rings (SSSR count). The molecule has 140 valence electrons. The Kier molecular flexibility index (Phi) is 4.41. The number of rotatable bonds is 4. The van der Waals surface area contributed by atoms with Crippen molar-refractivity contribution in [1.29, 1.82) is 0 Å². The Labute approximate surface area is 161 Å². The number of carbonyl (C=O) groups excluding carboxylic acids is 2. The number of fused-ring (bicyclic) bond motifs is 1. The summed E-state index contributed by atoms with van der Waals surface area (Å²) in [7, 11) is 3.35. The fourth-order valence-corrected chi connectivity index (χ4v) is 3.03. The van der Waals surface area contributed by atoms with Gasteiger partial charge in [0.25, 0.3) is 11.8 Å². The maximum Gasteiger partial charge on any atom is 0.286 e. The Bertz CT molecular complexity index is 1180. The average molecular weight is 374 g/mol. The minimum absolute atomic E-state index is 0.222. The predicted molar refractivity (Wildman–Crippen MR) is 106 cm³/mol. The molecule has 0 unspecified atom stereocenters. The van der Waals surface area contributed by atoms with E-state index < -0.39 is 0 Å². The van der Waals surface area contributed by atoms with Gasteiger partial charge in [0.15, 0.2) is 5.76 Å². The molecule has 0 atom stereocenters. The third-order valence-electron chi connectivity index (χ3n) is 4.48. The van der Waals surface area contributed by atoms with Crippen LogP contribution in [0.25, 0.3) is 22.4 Å². The summed E-state index contributed by atoms with van der Waals surface area (Å²) in [4.78, 5) is 28.8. The van der Waals surface area contributed by atoms with Crippen molar-refractivity contribution < 1.29 is 14.0 Å². The molecule has 2 heterocycles. The molecule has 2 N–H and O–H groups in total. The highest BCUT2D eigenvalue weighted by molar-refractivity contribution is 6.04. The number of aromatic nitrogens is 2. The highest BCUT2D eigenvalue weighted by Crippen LogP contribution is 2.24. The number of nitrogens with one attached hydrogen (secondary N) is 2. The molecule has 7 nitrogen and oxygen atoms in total. The SMILES string of the molecule is CNC(=O)c1cc2cc(NC(=O)c3cnc(-c4ccccc4)n3C)ccc2o1. The van der Waals surface area contributed by atoms with Crippen molar-refractivity contribution in [1.82, 2.24) is 14.9 Å². The maximum absolute atomic E-state index is 12.7. The van der Waals surface area contributed by atoms with Crippen LogP contribution in [-0.2, 0) is 7.05 Å². The van der Waals surface area contributed by atoms with Crippen LogP contribution in [-0.4, -0.2) is 28.4 Å². The molecule has 0 saturated carbocycles. The van der Waals surface area contributed by atoms with Gasteiger partial charge in [-0.25, -0.2) is 4.98 Å². The molecule has 0 spiro atoms. The summed E-state index contributed by atoms with van der Waals surface area (Å²) in [6.45, 7) is 0. The third kappa shape index (κ3) is 3.14. The molecule has 2 aromatic heterocycles. The van der Waals surface area contributed by atoms with Gasteiger partial charge in [0.1, 0.15) is 17.1 Å². The predicted octanol–water partition coefficient (Wildman–Crippen LogP) is 3.45. The highest BCUT2D eigenvalue weighted by atomic mass is 16.3. The van der Waals surface area contributed by atoms with Crippen LogP contribution in [0, 0.1) is 0 Å². The lowest BCUT2D eigenvalue weighted by Gasteiger charge is -2.07. The minimum Gasteiger partial charge on any atom is -0.451 e. The second-order valence-electron chi connectivity index (χ2n) is 6.29. The number of hydrogen-bond acceptors (Lipinski definition) is 4. The summed E-state index contributed by atoms with van der Waals surface area (Å²) in [5, 5.41) is 6.12. The van der Waals surface area contributed by atoms with Gasteiger partial charge >= 0.3 is 0 Å². The number of nitrogens with zero attached hydrogens (tertiary/aromatic N) is 2. The Morgan fingerprint density at radius 3 is 2.57 bits per heavy atom. The number of carbonyl (C=O) groups is 2. The molecule has 0 aliphatic heterocycles. The summed E-state index contributed by atoms with van der Waals surface area (Å²) >= 11 is 0. The van der Waals surface area contributed by atoms with Crippen molar-refractivity contribution in [2.24, 2.45) is 7.05 Å². The molecule has 0 aliphatic rings. The topological polar surface area (TPSA) is 89.2 Å². The molecular weight excluding hydrogens is 356 g/mol. The molecule has 28 heavy (non-hydrogen) atoms. The van der Waals surface area contributed by atoms with Crippen molar-refractivity contribution in [2.45, 2.75) is 0 Å². The van der Waals surface area contributed by atoms with Crippen molar-refractivity contribution in [2.75, 3.05) is 12.4 Å².